The molecule has 8 nitrogen and oxygen atoms in total. The minimum Gasteiger partial charge on any atom is -0.495 e. The zero-order chi connectivity index (χ0) is 27.3. The summed E-state index contributed by atoms with van der Waals surface area (Å²) in [5.74, 6) is 5.99. The van der Waals surface area contributed by atoms with E-state index in [0.29, 0.717) is 16.9 Å². The van der Waals surface area contributed by atoms with Crippen molar-refractivity contribution in [2.45, 2.75) is 12.7 Å². The number of pyridine rings is 1. The molecule has 0 saturated carbocycles. The van der Waals surface area contributed by atoms with Crippen LogP contribution >= 0.6 is 11.6 Å². The molecule has 0 radical (unpaired) electrons. The van der Waals surface area contributed by atoms with Crippen molar-refractivity contribution in [3.8, 4) is 5.75 Å². The lowest BCUT2D eigenvalue weighted by Gasteiger charge is -2.18. The minimum absolute atomic E-state index is 0.00689. The first kappa shape index (κ1) is 27.8. The second kappa shape index (κ2) is 11.5. The number of carbonyl (C=O) groups is 1. The highest BCUT2D eigenvalue weighted by Gasteiger charge is 2.31. The summed E-state index contributed by atoms with van der Waals surface area (Å²) in [7, 11) is 4.96. The van der Waals surface area contributed by atoms with E-state index in [9.17, 15) is 18.0 Å². The summed E-state index contributed by atoms with van der Waals surface area (Å²) in [6, 6.07) is 9.38. The van der Waals surface area contributed by atoms with Crippen LogP contribution in [-0.2, 0) is 12.7 Å². The molecule has 1 aromatic heterocycles. The van der Waals surface area contributed by atoms with Gasteiger partial charge in [0.15, 0.2) is 0 Å². The monoisotopic (exact) mass is 534 g/mol. The van der Waals surface area contributed by atoms with Crippen molar-refractivity contribution in [3.63, 3.8) is 0 Å². The molecule has 0 spiro atoms. The number of aromatic nitrogens is 1. The van der Waals surface area contributed by atoms with Gasteiger partial charge < -0.3 is 20.7 Å². The molecular formula is C25H26ClF3N6O2. The molecule has 0 unspecified atom stereocenters. The van der Waals surface area contributed by atoms with Gasteiger partial charge >= 0.3 is 6.18 Å². The van der Waals surface area contributed by atoms with Crippen molar-refractivity contribution in [3.05, 3.63) is 88.3 Å². The van der Waals surface area contributed by atoms with Crippen LogP contribution in [0.5, 0.6) is 5.75 Å². The van der Waals surface area contributed by atoms with Gasteiger partial charge in [-0.05, 0) is 62.1 Å². The molecule has 1 heterocycles. The van der Waals surface area contributed by atoms with E-state index in [1.54, 1.807) is 25.1 Å². The molecule has 0 aliphatic rings. The summed E-state index contributed by atoms with van der Waals surface area (Å²) in [6.07, 6.45) is -0.142. The average Bonchev–Trinajstić information content (AvgIpc) is 2.83. The molecule has 0 bridgehead atoms. The Balaban J connectivity index is 1.88. The molecule has 12 heteroatoms. The molecule has 5 N–H and O–H groups in total. The van der Waals surface area contributed by atoms with E-state index >= 15 is 0 Å². The van der Waals surface area contributed by atoms with Gasteiger partial charge in [-0.25, -0.2) is 5.84 Å². The molecule has 3 rings (SSSR count). The number of carbonyl (C=O) groups excluding carboxylic acids is 1. The Bertz CT molecular complexity index is 1310. The predicted molar refractivity (Wildman–Crippen MR) is 138 cm³/mol. The Morgan fingerprint density at radius 3 is 2.51 bits per heavy atom. The van der Waals surface area contributed by atoms with E-state index in [4.69, 9.17) is 27.9 Å². The minimum atomic E-state index is -4.57. The van der Waals surface area contributed by atoms with Gasteiger partial charge in [0, 0.05) is 35.8 Å². The molecule has 0 aliphatic heterocycles. The van der Waals surface area contributed by atoms with Crippen molar-refractivity contribution >= 4 is 34.6 Å². The third-order valence-electron chi connectivity index (χ3n) is 5.12. The van der Waals surface area contributed by atoms with Crippen molar-refractivity contribution in [2.75, 3.05) is 31.5 Å². The van der Waals surface area contributed by atoms with Crippen LogP contribution in [0, 0.1) is 0 Å². The fourth-order valence-corrected chi connectivity index (χ4v) is 3.64. The highest BCUT2D eigenvalue weighted by molar-refractivity contribution is 6.33. The summed E-state index contributed by atoms with van der Waals surface area (Å²) in [6.45, 7) is 0.260. The molecule has 3 aromatic rings. The smallest absolute Gasteiger partial charge is 0.416 e. The van der Waals surface area contributed by atoms with Crippen LogP contribution in [-0.4, -0.2) is 37.0 Å². The lowest BCUT2D eigenvalue weighted by Crippen LogP contribution is -2.26. The lowest BCUT2D eigenvalue weighted by atomic mass is 10.1. The maximum Gasteiger partial charge on any atom is 0.416 e. The lowest BCUT2D eigenvalue weighted by molar-refractivity contribution is -0.137. The van der Waals surface area contributed by atoms with Crippen LogP contribution in [0.25, 0.3) is 5.70 Å². The number of rotatable bonds is 8. The zero-order valence-electron chi connectivity index (χ0n) is 20.3. The molecule has 0 fully saturated rings. The van der Waals surface area contributed by atoms with Gasteiger partial charge in [-0.1, -0.05) is 11.6 Å². The maximum absolute atomic E-state index is 13.4. The number of ether oxygens (including phenoxy) is 1. The van der Waals surface area contributed by atoms with Gasteiger partial charge in [-0.2, -0.15) is 13.2 Å². The number of amides is 1. The Kier molecular flexibility index (Phi) is 8.64. The number of anilines is 2. The largest absolute Gasteiger partial charge is 0.495 e. The van der Waals surface area contributed by atoms with Crippen LogP contribution in [0.15, 0.2) is 61.1 Å². The zero-order valence-corrected chi connectivity index (χ0v) is 21.1. The number of alkyl halides is 3. The maximum atomic E-state index is 13.4. The van der Waals surface area contributed by atoms with E-state index in [1.165, 1.54) is 50.0 Å². The first-order valence-corrected chi connectivity index (χ1v) is 11.2. The van der Waals surface area contributed by atoms with Gasteiger partial charge in [0.2, 0.25) is 0 Å². The summed E-state index contributed by atoms with van der Waals surface area (Å²) in [5.41, 5.74) is 6.82. The molecule has 2 aromatic carbocycles. The molecule has 0 saturated heterocycles. The van der Waals surface area contributed by atoms with Crippen LogP contribution in [0.3, 0.4) is 0 Å². The van der Waals surface area contributed by atoms with Crippen LogP contribution in [0.4, 0.5) is 24.5 Å². The average molecular weight is 535 g/mol. The molecule has 1 amide bonds. The van der Waals surface area contributed by atoms with E-state index in [2.05, 4.69) is 10.3 Å². The predicted octanol–water partition coefficient (Wildman–Crippen LogP) is 4.71. The number of hydrogen-bond acceptors (Lipinski definition) is 7. The summed E-state index contributed by atoms with van der Waals surface area (Å²) in [4.78, 5) is 18.7. The van der Waals surface area contributed by atoms with E-state index in [-0.39, 0.29) is 34.2 Å². The highest BCUT2D eigenvalue weighted by Crippen LogP contribution is 2.33. The topological polar surface area (TPSA) is 110 Å². The van der Waals surface area contributed by atoms with Gasteiger partial charge in [0.1, 0.15) is 5.75 Å². The molecule has 0 atom stereocenters. The fourth-order valence-electron chi connectivity index (χ4n) is 3.42. The SMILES string of the molecule is COc1cncc(/C(N)=C/N(N)c2cc(C(=O)Nc3cc(CN(C)C)cc(C(F)(F)F)c3)ccc2Cl)c1. The second-order valence-corrected chi connectivity index (χ2v) is 8.79. The highest BCUT2D eigenvalue weighted by atomic mass is 35.5. The standard InChI is InChI=1S/C25H26ClF3N6O2/c1-34(2)13-15-6-18(25(27,28)29)10-19(7-15)33-24(36)16-4-5-21(26)23(9-16)35(31)14-22(30)17-8-20(37-3)12-32-11-17/h4-12,14H,13,30-31H2,1-3H3,(H,33,36)/b22-14-. The number of hydrogen-bond donors (Lipinski definition) is 3. The number of methoxy groups -OCH3 is 1. The fraction of sp³-hybridized carbons (Fsp3) is 0.200. The molecular weight excluding hydrogens is 509 g/mol. The van der Waals surface area contributed by atoms with E-state index < -0.39 is 17.6 Å². The molecule has 196 valence electrons. The Morgan fingerprint density at radius 2 is 1.86 bits per heavy atom. The number of nitrogens with two attached hydrogens (primary N) is 2. The van der Waals surface area contributed by atoms with Crippen molar-refractivity contribution in [1.29, 1.82) is 0 Å². The number of halogens is 4. The van der Waals surface area contributed by atoms with Gasteiger partial charge in [0.05, 0.1) is 35.3 Å². The third-order valence-corrected chi connectivity index (χ3v) is 5.44. The first-order chi connectivity index (χ1) is 17.4. The first-order valence-electron chi connectivity index (χ1n) is 10.8. The van der Waals surface area contributed by atoms with Crippen LogP contribution in [0.1, 0.15) is 27.0 Å². The normalized spacial score (nSPS) is 12.0. The number of benzene rings is 2. The van der Waals surface area contributed by atoms with E-state index in [1.807, 2.05) is 0 Å². The number of nitrogens with one attached hydrogen (secondary N) is 1. The third kappa shape index (κ3) is 7.35. The quantitative estimate of drug-likeness (QED) is 0.283. The van der Waals surface area contributed by atoms with Crippen molar-refractivity contribution in [2.24, 2.45) is 11.6 Å². The Labute approximate surface area is 217 Å². The molecule has 37 heavy (non-hydrogen) atoms. The number of nitrogens with zero attached hydrogens (tertiary/aromatic N) is 3. The van der Waals surface area contributed by atoms with Crippen molar-refractivity contribution in [1.82, 2.24) is 9.88 Å². The Morgan fingerprint density at radius 1 is 1.14 bits per heavy atom. The van der Waals surface area contributed by atoms with Gasteiger partial charge in [-0.3, -0.25) is 14.8 Å². The summed E-state index contributed by atoms with van der Waals surface area (Å²) in [5, 5.41) is 3.88. The van der Waals surface area contributed by atoms with Gasteiger partial charge in [0.25, 0.3) is 5.91 Å². The van der Waals surface area contributed by atoms with E-state index in [0.717, 1.165) is 17.1 Å². The van der Waals surface area contributed by atoms with Crippen LogP contribution in [0.2, 0.25) is 5.02 Å². The van der Waals surface area contributed by atoms with Crippen molar-refractivity contribution < 1.29 is 22.7 Å². The van der Waals surface area contributed by atoms with Crippen LogP contribution < -0.4 is 26.6 Å². The molecule has 0 aliphatic carbocycles. The number of hydrazine groups is 1. The summed E-state index contributed by atoms with van der Waals surface area (Å²) < 4.78 is 45.4. The van der Waals surface area contributed by atoms with Gasteiger partial charge in [-0.15, -0.1) is 0 Å². The summed E-state index contributed by atoms with van der Waals surface area (Å²) >= 11 is 6.29. The second-order valence-electron chi connectivity index (χ2n) is 8.38. The Hall–Kier alpha value is -3.80.